The summed E-state index contributed by atoms with van der Waals surface area (Å²) in [4.78, 5) is 4.27. The van der Waals surface area contributed by atoms with Gasteiger partial charge in [-0.1, -0.05) is 60.7 Å². The van der Waals surface area contributed by atoms with Gasteiger partial charge in [0.1, 0.15) is 5.82 Å². The Morgan fingerprint density at radius 1 is 0.862 bits per heavy atom. The largest absolute Gasteiger partial charge is 0.435 e. The van der Waals surface area contributed by atoms with Gasteiger partial charge in [0.25, 0.3) is 10.0 Å². The Morgan fingerprint density at radius 3 is 2.17 bits per heavy atom. The van der Waals surface area contributed by atoms with Crippen LogP contribution in [0.4, 0.5) is 4.39 Å². The lowest BCUT2D eigenvalue weighted by atomic mass is 10.2. The van der Waals surface area contributed by atoms with E-state index in [9.17, 15) is 12.8 Å². The molecule has 0 aliphatic rings. The van der Waals surface area contributed by atoms with E-state index in [1.807, 2.05) is 24.3 Å². The molecule has 29 heavy (non-hydrogen) atoms. The van der Waals surface area contributed by atoms with Crippen molar-refractivity contribution < 1.29 is 17.2 Å². The summed E-state index contributed by atoms with van der Waals surface area (Å²) in [7, 11) is -4.01. The summed E-state index contributed by atoms with van der Waals surface area (Å²) in [5.74, 6) is -0.0775. The van der Waals surface area contributed by atoms with Crippen molar-refractivity contribution in [3.8, 4) is 22.8 Å². The van der Waals surface area contributed by atoms with Crippen LogP contribution >= 0.6 is 0 Å². The van der Waals surface area contributed by atoms with Crippen LogP contribution in [0.3, 0.4) is 0 Å². The van der Waals surface area contributed by atoms with Gasteiger partial charge in [-0.2, -0.15) is 4.98 Å². The number of benzene rings is 3. The normalized spacial score (nSPS) is 11.5. The van der Waals surface area contributed by atoms with Crippen molar-refractivity contribution in [2.75, 3.05) is 0 Å². The van der Waals surface area contributed by atoms with E-state index in [1.165, 1.54) is 18.2 Å². The molecule has 7 heteroatoms. The van der Waals surface area contributed by atoms with Gasteiger partial charge < -0.3 is 4.42 Å². The van der Waals surface area contributed by atoms with Crippen LogP contribution in [0.5, 0.6) is 0 Å². The maximum Gasteiger partial charge on any atom is 0.262 e. The predicted molar refractivity (Wildman–Crippen MR) is 108 cm³/mol. The van der Waals surface area contributed by atoms with E-state index in [1.54, 1.807) is 42.5 Å². The quantitative estimate of drug-likeness (QED) is 0.505. The molecule has 0 unspecified atom stereocenters. The van der Waals surface area contributed by atoms with Gasteiger partial charge in [0.2, 0.25) is 10.9 Å². The third-order valence-corrected chi connectivity index (χ3v) is 5.57. The standard InChI is InChI=1S/C22H17FN2O3S/c23-19-13-7-8-16(14-19)15-24-29(26,27)22-20(17-9-3-1-4-10-17)28-21(25-22)18-11-5-2-6-12-18/h1-14,24H,15H2. The number of oxazole rings is 1. The molecule has 0 saturated carbocycles. The number of hydrogen-bond donors (Lipinski definition) is 1. The summed E-state index contributed by atoms with van der Waals surface area (Å²) in [5, 5.41) is -0.209. The van der Waals surface area contributed by atoms with Crippen molar-refractivity contribution in [3.63, 3.8) is 0 Å². The Morgan fingerprint density at radius 2 is 1.52 bits per heavy atom. The molecule has 0 amide bonds. The molecule has 0 bridgehead atoms. The highest BCUT2D eigenvalue weighted by molar-refractivity contribution is 7.89. The van der Waals surface area contributed by atoms with Crippen molar-refractivity contribution in [2.45, 2.75) is 11.6 Å². The van der Waals surface area contributed by atoms with Crippen molar-refractivity contribution in [2.24, 2.45) is 0 Å². The first kappa shape index (κ1) is 19.0. The van der Waals surface area contributed by atoms with Crippen molar-refractivity contribution in [1.82, 2.24) is 9.71 Å². The Balaban J connectivity index is 1.73. The second-order valence-corrected chi connectivity index (χ2v) is 8.02. The molecule has 4 rings (SSSR count). The van der Waals surface area contributed by atoms with Crippen LogP contribution in [-0.2, 0) is 16.6 Å². The van der Waals surface area contributed by atoms with Gasteiger partial charge in [0, 0.05) is 17.7 Å². The zero-order chi connectivity index (χ0) is 20.3. The van der Waals surface area contributed by atoms with Gasteiger partial charge in [-0.15, -0.1) is 0 Å². The van der Waals surface area contributed by atoms with E-state index < -0.39 is 15.8 Å². The van der Waals surface area contributed by atoms with E-state index in [0.29, 0.717) is 16.7 Å². The molecular formula is C22H17FN2O3S. The number of aromatic nitrogens is 1. The lowest BCUT2D eigenvalue weighted by Gasteiger charge is -2.06. The Labute approximate surface area is 167 Å². The molecule has 0 fully saturated rings. The second kappa shape index (κ2) is 7.98. The number of sulfonamides is 1. The summed E-state index contributed by atoms with van der Waals surface area (Å²) < 4.78 is 47.7. The number of halogens is 1. The average molecular weight is 408 g/mol. The molecule has 0 radical (unpaired) electrons. The molecule has 1 heterocycles. The molecule has 4 aromatic rings. The molecular weight excluding hydrogens is 391 g/mol. The third kappa shape index (κ3) is 4.26. The molecule has 1 N–H and O–H groups in total. The fraction of sp³-hybridized carbons (Fsp3) is 0.0455. The van der Waals surface area contributed by atoms with E-state index in [4.69, 9.17) is 4.42 Å². The fourth-order valence-corrected chi connectivity index (χ4v) is 3.96. The summed E-state index contributed by atoms with van der Waals surface area (Å²) in [6.07, 6.45) is 0. The van der Waals surface area contributed by atoms with Gasteiger partial charge >= 0.3 is 0 Å². The molecule has 0 aliphatic carbocycles. The number of rotatable bonds is 6. The van der Waals surface area contributed by atoms with Crippen LogP contribution in [0.25, 0.3) is 22.8 Å². The van der Waals surface area contributed by atoms with E-state index >= 15 is 0 Å². The summed E-state index contributed by atoms with van der Waals surface area (Å²) in [6, 6.07) is 23.7. The minimum absolute atomic E-state index is 0.0676. The Bertz CT molecular complexity index is 1220. The molecule has 3 aromatic carbocycles. The first-order valence-electron chi connectivity index (χ1n) is 8.89. The zero-order valence-corrected chi connectivity index (χ0v) is 16.1. The summed E-state index contributed by atoms with van der Waals surface area (Å²) in [6.45, 7) is -0.0676. The van der Waals surface area contributed by atoms with Crippen LogP contribution in [0.15, 0.2) is 94.4 Å². The molecule has 0 aliphatic heterocycles. The van der Waals surface area contributed by atoms with Crippen LogP contribution in [0.1, 0.15) is 5.56 Å². The second-order valence-electron chi connectivity index (χ2n) is 6.34. The zero-order valence-electron chi connectivity index (χ0n) is 15.2. The maximum absolute atomic E-state index is 13.4. The summed E-state index contributed by atoms with van der Waals surface area (Å²) in [5.41, 5.74) is 1.76. The molecule has 1 aromatic heterocycles. The molecule has 0 atom stereocenters. The third-order valence-electron chi connectivity index (χ3n) is 4.26. The van der Waals surface area contributed by atoms with Gasteiger partial charge in [-0.25, -0.2) is 17.5 Å². The smallest absolute Gasteiger partial charge is 0.262 e. The fourth-order valence-electron chi connectivity index (χ4n) is 2.86. The number of nitrogens with zero attached hydrogens (tertiary/aromatic N) is 1. The van der Waals surface area contributed by atoms with Crippen LogP contribution in [0.2, 0.25) is 0 Å². The lowest BCUT2D eigenvalue weighted by molar-refractivity contribution is 0.571. The topological polar surface area (TPSA) is 72.2 Å². The van der Waals surface area contributed by atoms with Crippen molar-refractivity contribution in [1.29, 1.82) is 0 Å². The molecule has 5 nitrogen and oxygen atoms in total. The minimum atomic E-state index is -4.01. The lowest BCUT2D eigenvalue weighted by Crippen LogP contribution is -2.24. The predicted octanol–water partition coefficient (Wildman–Crippen LogP) is 4.63. The average Bonchev–Trinajstić information content (AvgIpc) is 3.20. The SMILES string of the molecule is O=S(=O)(NCc1cccc(F)c1)c1nc(-c2ccccc2)oc1-c1ccccc1. The van der Waals surface area contributed by atoms with Gasteiger partial charge in [0.15, 0.2) is 5.76 Å². The summed E-state index contributed by atoms with van der Waals surface area (Å²) >= 11 is 0. The van der Waals surface area contributed by atoms with Crippen LogP contribution < -0.4 is 4.72 Å². The monoisotopic (exact) mass is 408 g/mol. The van der Waals surface area contributed by atoms with Crippen LogP contribution in [0, 0.1) is 5.82 Å². The Kier molecular flexibility index (Phi) is 5.24. The first-order valence-corrected chi connectivity index (χ1v) is 10.4. The highest BCUT2D eigenvalue weighted by Gasteiger charge is 2.27. The molecule has 0 spiro atoms. The van der Waals surface area contributed by atoms with E-state index in [0.717, 1.165) is 0 Å². The molecule has 0 saturated heterocycles. The van der Waals surface area contributed by atoms with Crippen molar-refractivity contribution in [3.05, 3.63) is 96.3 Å². The highest BCUT2D eigenvalue weighted by atomic mass is 32.2. The van der Waals surface area contributed by atoms with Crippen molar-refractivity contribution >= 4 is 10.0 Å². The Hall–Kier alpha value is -3.29. The van der Waals surface area contributed by atoms with Gasteiger partial charge in [0.05, 0.1) is 0 Å². The first-order chi connectivity index (χ1) is 14.0. The number of nitrogens with one attached hydrogen (secondary N) is 1. The minimum Gasteiger partial charge on any atom is -0.435 e. The van der Waals surface area contributed by atoms with Gasteiger partial charge in [-0.3, -0.25) is 0 Å². The molecule has 146 valence electrons. The number of hydrogen-bond acceptors (Lipinski definition) is 4. The van der Waals surface area contributed by atoms with Crippen LogP contribution in [-0.4, -0.2) is 13.4 Å². The highest BCUT2D eigenvalue weighted by Crippen LogP contribution is 2.32. The van der Waals surface area contributed by atoms with Gasteiger partial charge in [-0.05, 0) is 29.8 Å². The van der Waals surface area contributed by atoms with E-state index in [2.05, 4.69) is 9.71 Å². The maximum atomic E-state index is 13.4. The van der Waals surface area contributed by atoms with E-state index in [-0.39, 0.29) is 23.2 Å².